The molecule has 1 fully saturated rings. The zero-order valence-electron chi connectivity index (χ0n) is 9.71. The molecular weight excluding hydrogens is 212 g/mol. The van der Waals surface area contributed by atoms with Crippen molar-refractivity contribution in [1.29, 1.82) is 0 Å². The van der Waals surface area contributed by atoms with E-state index < -0.39 is 0 Å². The van der Waals surface area contributed by atoms with E-state index in [9.17, 15) is 5.11 Å². The van der Waals surface area contributed by atoms with Crippen molar-refractivity contribution in [2.24, 2.45) is 5.92 Å². The Kier molecular flexibility index (Phi) is 2.69. The van der Waals surface area contributed by atoms with Crippen LogP contribution in [0.3, 0.4) is 0 Å². The van der Waals surface area contributed by atoms with E-state index in [4.69, 9.17) is 0 Å². The lowest BCUT2D eigenvalue weighted by Crippen LogP contribution is -2.21. The molecule has 3 nitrogen and oxygen atoms in total. The molecule has 1 atom stereocenters. The molecular formula is C14H16N2O. The normalized spacial score (nSPS) is 20.1. The minimum Gasteiger partial charge on any atom is -0.396 e. The molecule has 0 saturated carbocycles. The number of fused-ring (bicyclic) bond motifs is 1. The van der Waals surface area contributed by atoms with Gasteiger partial charge in [0.25, 0.3) is 0 Å². The highest BCUT2D eigenvalue weighted by Crippen LogP contribution is 2.28. The summed E-state index contributed by atoms with van der Waals surface area (Å²) in [7, 11) is 0. The van der Waals surface area contributed by atoms with E-state index in [1.807, 2.05) is 24.4 Å². The first kappa shape index (κ1) is 10.5. The topological polar surface area (TPSA) is 36.4 Å². The SMILES string of the molecule is OCC1CCN(c2nccc3ccccc23)C1. The van der Waals surface area contributed by atoms with E-state index in [0.717, 1.165) is 25.3 Å². The number of aromatic nitrogens is 1. The van der Waals surface area contributed by atoms with E-state index in [2.05, 4.69) is 22.0 Å². The van der Waals surface area contributed by atoms with Crippen LogP contribution >= 0.6 is 0 Å². The van der Waals surface area contributed by atoms with Crippen molar-refractivity contribution in [2.45, 2.75) is 6.42 Å². The Morgan fingerprint density at radius 1 is 1.29 bits per heavy atom. The van der Waals surface area contributed by atoms with Crippen LogP contribution in [0.25, 0.3) is 10.8 Å². The summed E-state index contributed by atoms with van der Waals surface area (Å²) in [5.41, 5.74) is 0. The molecule has 0 spiro atoms. The minimum atomic E-state index is 0.279. The van der Waals surface area contributed by atoms with Crippen molar-refractivity contribution < 1.29 is 5.11 Å². The third kappa shape index (κ3) is 1.87. The molecule has 1 aliphatic rings. The summed E-state index contributed by atoms with van der Waals surface area (Å²) in [4.78, 5) is 6.78. The van der Waals surface area contributed by atoms with Crippen LogP contribution in [0.1, 0.15) is 6.42 Å². The van der Waals surface area contributed by atoms with Gasteiger partial charge in [0.1, 0.15) is 5.82 Å². The number of hydrogen-bond acceptors (Lipinski definition) is 3. The highest BCUT2D eigenvalue weighted by molar-refractivity contribution is 5.92. The molecule has 17 heavy (non-hydrogen) atoms. The van der Waals surface area contributed by atoms with Gasteiger partial charge in [0.2, 0.25) is 0 Å². The molecule has 1 unspecified atom stereocenters. The molecule has 0 aliphatic carbocycles. The lowest BCUT2D eigenvalue weighted by atomic mass is 10.1. The van der Waals surface area contributed by atoms with Crippen molar-refractivity contribution in [1.82, 2.24) is 4.98 Å². The largest absolute Gasteiger partial charge is 0.396 e. The van der Waals surface area contributed by atoms with Crippen LogP contribution in [-0.4, -0.2) is 29.8 Å². The predicted molar refractivity (Wildman–Crippen MR) is 69.1 cm³/mol. The number of nitrogens with zero attached hydrogens (tertiary/aromatic N) is 2. The molecule has 2 aromatic rings. The Bertz CT molecular complexity index is 521. The van der Waals surface area contributed by atoms with Crippen LogP contribution in [0.4, 0.5) is 5.82 Å². The number of aliphatic hydroxyl groups excluding tert-OH is 1. The van der Waals surface area contributed by atoms with Crippen molar-refractivity contribution in [3.8, 4) is 0 Å². The molecule has 3 heteroatoms. The summed E-state index contributed by atoms with van der Waals surface area (Å²) in [6.45, 7) is 2.19. The van der Waals surface area contributed by atoms with E-state index >= 15 is 0 Å². The number of pyridine rings is 1. The maximum absolute atomic E-state index is 9.20. The number of aliphatic hydroxyl groups is 1. The van der Waals surface area contributed by atoms with E-state index in [1.165, 1.54) is 10.8 Å². The summed E-state index contributed by atoms with van der Waals surface area (Å²) in [5.74, 6) is 1.45. The van der Waals surface area contributed by atoms with Gasteiger partial charge in [-0.2, -0.15) is 0 Å². The number of anilines is 1. The molecule has 0 radical (unpaired) electrons. The first-order valence-electron chi connectivity index (χ1n) is 6.08. The minimum absolute atomic E-state index is 0.279. The van der Waals surface area contributed by atoms with Gasteiger partial charge < -0.3 is 10.0 Å². The highest BCUT2D eigenvalue weighted by atomic mass is 16.3. The average Bonchev–Trinajstić information content (AvgIpc) is 2.87. The lowest BCUT2D eigenvalue weighted by Gasteiger charge is -2.19. The first-order valence-corrected chi connectivity index (χ1v) is 6.08. The van der Waals surface area contributed by atoms with Gasteiger partial charge >= 0.3 is 0 Å². The van der Waals surface area contributed by atoms with Crippen molar-refractivity contribution in [3.05, 3.63) is 36.5 Å². The van der Waals surface area contributed by atoms with Gasteiger partial charge in [0, 0.05) is 37.2 Å². The van der Waals surface area contributed by atoms with E-state index in [1.54, 1.807) is 0 Å². The molecule has 2 heterocycles. The predicted octanol–water partition coefficient (Wildman–Crippen LogP) is 2.05. The van der Waals surface area contributed by atoms with Gasteiger partial charge in [-0.3, -0.25) is 0 Å². The van der Waals surface area contributed by atoms with Crippen molar-refractivity contribution in [2.75, 3.05) is 24.6 Å². The number of hydrogen-bond donors (Lipinski definition) is 1. The molecule has 1 N–H and O–H groups in total. The molecule has 1 saturated heterocycles. The van der Waals surface area contributed by atoms with Crippen LogP contribution in [0, 0.1) is 5.92 Å². The van der Waals surface area contributed by atoms with Crippen molar-refractivity contribution in [3.63, 3.8) is 0 Å². The van der Waals surface area contributed by atoms with E-state index in [0.29, 0.717) is 5.92 Å². The summed E-state index contributed by atoms with van der Waals surface area (Å²) in [6.07, 6.45) is 2.92. The van der Waals surface area contributed by atoms with Crippen LogP contribution in [0.2, 0.25) is 0 Å². The fraction of sp³-hybridized carbons (Fsp3) is 0.357. The second-order valence-corrected chi connectivity index (χ2v) is 4.64. The maximum atomic E-state index is 9.20. The zero-order chi connectivity index (χ0) is 11.7. The van der Waals surface area contributed by atoms with Crippen LogP contribution in [-0.2, 0) is 0 Å². The molecule has 0 amide bonds. The molecule has 1 aromatic carbocycles. The van der Waals surface area contributed by atoms with Gasteiger partial charge in [0.15, 0.2) is 0 Å². The third-order valence-corrected chi connectivity index (χ3v) is 3.50. The smallest absolute Gasteiger partial charge is 0.136 e. The van der Waals surface area contributed by atoms with Gasteiger partial charge in [-0.25, -0.2) is 4.98 Å². The third-order valence-electron chi connectivity index (χ3n) is 3.50. The van der Waals surface area contributed by atoms with Crippen LogP contribution < -0.4 is 4.90 Å². The molecule has 0 bridgehead atoms. The second kappa shape index (κ2) is 4.34. The Hall–Kier alpha value is -1.61. The summed E-state index contributed by atoms with van der Waals surface area (Å²) >= 11 is 0. The van der Waals surface area contributed by atoms with Crippen LogP contribution in [0.5, 0.6) is 0 Å². The Labute approximate surface area is 101 Å². The Morgan fingerprint density at radius 3 is 3.00 bits per heavy atom. The Morgan fingerprint density at radius 2 is 2.18 bits per heavy atom. The zero-order valence-corrected chi connectivity index (χ0v) is 9.71. The van der Waals surface area contributed by atoms with E-state index in [-0.39, 0.29) is 6.61 Å². The average molecular weight is 228 g/mol. The maximum Gasteiger partial charge on any atom is 0.136 e. The highest BCUT2D eigenvalue weighted by Gasteiger charge is 2.23. The fourth-order valence-electron chi connectivity index (χ4n) is 2.53. The summed E-state index contributed by atoms with van der Waals surface area (Å²) in [5, 5.41) is 11.6. The van der Waals surface area contributed by atoms with Gasteiger partial charge in [-0.15, -0.1) is 0 Å². The molecule has 88 valence electrons. The number of benzene rings is 1. The molecule has 1 aromatic heterocycles. The lowest BCUT2D eigenvalue weighted by molar-refractivity contribution is 0.238. The van der Waals surface area contributed by atoms with Crippen molar-refractivity contribution >= 4 is 16.6 Å². The molecule has 3 rings (SSSR count). The quantitative estimate of drug-likeness (QED) is 0.854. The fourth-order valence-corrected chi connectivity index (χ4v) is 2.53. The standard InChI is InChI=1S/C14H16N2O/c17-10-11-6-8-16(9-11)14-13-4-2-1-3-12(13)5-7-15-14/h1-5,7,11,17H,6,8-10H2. The summed E-state index contributed by atoms with van der Waals surface area (Å²) in [6, 6.07) is 10.4. The number of rotatable bonds is 2. The molecule has 1 aliphatic heterocycles. The van der Waals surface area contributed by atoms with Gasteiger partial charge in [-0.05, 0) is 17.9 Å². The van der Waals surface area contributed by atoms with Crippen LogP contribution in [0.15, 0.2) is 36.5 Å². The monoisotopic (exact) mass is 228 g/mol. The first-order chi connectivity index (χ1) is 8.38. The van der Waals surface area contributed by atoms with Gasteiger partial charge in [0.05, 0.1) is 0 Å². The second-order valence-electron chi connectivity index (χ2n) is 4.64. The summed E-state index contributed by atoms with van der Waals surface area (Å²) < 4.78 is 0. The van der Waals surface area contributed by atoms with Gasteiger partial charge in [-0.1, -0.05) is 24.3 Å². The Balaban J connectivity index is 2.00.